The summed E-state index contributed by atoms with van der Waals surface area (Å²) in [5, 5.41) is 4.18. The molecule has 2 aromatic rings. The molecule has 124 valence electrons. The van der Waals surface area contributed by atoms with Crippen LogP contribution in [0.3, 0.4) is 0 Å². The average molecular weight is 445 g/mol. The molecule has 3 rings (SSSR count). The van der Waals surface area contributed by atoms with Crippen molar-refractivity contribution in [3.05, 3.63) is 36.2 Å². The molecule has 8 heteroatoms. The van der Waals surface area contributed by atoms with Gasteiger partial charge in [-0.3, -0.25) is 4.99 Å². The molecule has 0 bridgehead atoms. The van der Waals surface area contributed by atoms with Gasteiger partial charge >= 0.3 is 0 Å². The number of benzene rings is 1. The second-order valence-electron chi connectivity index (χ2n) is 4.93. The summed E-state index contributed by atoms with van der Waals surface area (Å²) in [7, 11) is 1.64. The standard InChI is InChI=1S/C15H19N5OS.HI/c1-21-13-4-2-11(3-5-13)18-14(16)17-7-6-12-10-20-8-9-22-15(20)19-12;/h2-5,10H,6-9H2,1H3,(H3,16,17,18);1H. The molecule has 1 aliphatic heterocycles. The SMILES string of the molecule is COc1ccc(NC(N)=NCCc2cn3c(n2)SCC3)cc1.I. The molecule has 0 amide bonds. The maximum Gasteiger partial charge on any atom is 0.193 e. The number of anilines is 1. The zero-order valence-electron chi connectivity index (χ0n) is 12.9. The highest BCUT2D eigenvalue weighted by molar-refractivity contribution is 14.0. The van der Waals surface area contributed by atoms with Crippen molar-refractivity contribution in [1.29, 1.82) is 0 Å². The predicted octanol–water partition coefficient (Wildman–Crippen LogP) is 2.58. The number of halogens is 1. The van der Waals surface area contributed by atoms with Gasteiger partial charge in [-0.1, -0.05) is 11.8 Å². The maximum atomic E-state index is 5.89. The molecule has 1 aliphatic rings. The molecule has 0 aliphatic carbocycles. The fraction of sp³-hybridized carbons (Fsp3) is 0.333. The lowest BCUT2D eigenvalue weighted by Crippen LogP contribution is -2.23. The highest BCUT2D eigenvalue weighted by atomic mass is 127. The highest BCUT2D eigenvalue weighted by Gasteiger charge is 2.13. The van der Waals surface area contributed by atoms with E-state index in [1.807, 2.05) is 24.3 Å². The van der Waals surface area contributed by atoms with E-state index in [9.17, 15) is 0 Å². The van der Waals surface area contributed by atoms with E-state index in [1.54, 1.807) is 18.9 Å². The number of ether oxygens (including phenoxy) is 1. The molecule has 0 unspecified atom stereocenters. The summed E-state index contributed by atoms with van der Waals surface area (Å²) in [5.41, 5.74) is 7.85. The summed E-state index contributed by atoms with van der Waals surface area (Å²) in [5.74, 6) is 2.34. The van der Waals surface area contributed by atoms with E-state index in [2.05, 4.69) is 26.1 Å². The number of imidazole rings is 1. The van der Waals surface area contributed by atoms with Gasteiger partial charge in [0, 0.05) is 37.1 Å². The Hall–Kier alpha value is -1.42. The molecule has 3 N–H and O–H groups in total. The van der Waals surface area contributed by atoms with E-state index in [4.69, 9.17) is 10.5 Å². The Morgan fingerprint density at radius 2 is 2.22 bits per heavy atom. The van der Waals surface area contributed by atoms with Crippen molar-refractivity contribution in [2.45, 2.75) is 18.1 Å². The molecule has 6 nitrogen and oxygen atoms in total. The molecule has 0 saturated heterocycles. The number of fused-ring (bicyclic) bond motifs is 1. The minimum absolute atomic E-state index is 0. The van der Waals surface area contributed by atoms with E-state index < -0.39 is 0 Å². The number of nitrogens with zero attached hydrogens (tertiary/aromatic N) is 3. The fourth-order valence-corrected chi connectivity index (χ4v) is 3.20. The molecule has 0 atom stereocenters. The van der Waals surface area contributed by atoms with Gasteiger partial charge in [-0.15, -0.1) is 24.0 Å². The average Bonchev–Trinajstić information content (AvgIpc) is 3.09. The van der Waals surface area contributed by atoms with E-state index in [-0.39, 0.29) is 24.0 Å². The molecule has 0 radical (unpaired) electrons. The Bertz CT molecular complexity index is 650. The van der Waals surface area contributed by atoms with Crippen molar-refractivity contribution in [2.75, 3.05) is 24.7 Å². The van der Waals surface area contributed by atoms with Gasteiger partial charge in [0.15, 0.2) is 11.1 Å². The normalized spacial score (nSPS) is 13.3. The summed E-state index contributed by atoms with van der Waals surface area (Å²) in [4.78, 5) is 8.91. The van der Waals surface area contributed by atoms with Gasteiger partial charge in [-0.05, 0) is 24.3 Å². The number of aromatic nitrogens is 2. The first kappa shape index (κ1) is 17.9. The van der Waals surface area contributed by atoms with E-state index in [1.165, 1.54) is 0 Å². The van der Waals surface area contributed by atoms with Gasteiger partial charge in [0.25, 0.3) is 0 Å². The maximum absolute atomic E-state index is 5.89. The number of guanidine groups is 1. The third kappa shape index (κ3) is 4.77. The number of hydrogen-bond donors (Lipinski definition) is 2. The zero-order valence-corrected chi connectivity index (χ0v) is 16.0. The second kappa shape index (κ2) is 8.44. The molecule has 1 aromatic heterocycles. The first-order chi connectivity index (χ1) is 10.7. The van der Waals surface area contributed by atoms with Crippen LogP contribution in [0.2, 0.25) is 0 Å². The Morgan fingerprint density at radius 1 is 1.43 bits per heavy atom. The van der Waals surface area contributed by atoms with Crippen LogP contribution in [0.5, 0.6) is 5.75 Å². The number of nitrogens with two attached hydrogens (primary N) is 1. The Labute approximate surface area is 156 Å². The lowest BCUT2D eigenvalue weighted by atomic mass is 10.3. The minimum atomic E-state index is 0. The molecular weight excluding hydrogens is 425 g/mol. The Kier molecular flexibility index (Phi) is 6.58. The third-order valence-electron chi connectivity index (χ3n) is 3.37. The number of aliphatic imine (C=N–C) groups is 1. The first-order valence-electron chi connectivity index (χ1n) is 7.14. The molecular formula is C15H20IN5OS. The lowest BCUT2D eigenvalue weighted by molar-refractivity contribution is 0.415. The van der Waals surface area contributed by atoms with Crippen LogP contribution >= 0.6 is 35.7 Å². The molecule has 0 fully saturated rings. The highest BCUT2D eigenvalue weighted by Crippen LogP contribution is 2.24. The van der Waals surface area contributed by atoms with Crippen molar-refractivity contribution >= 4 is 47.4 Å². The number of methoxy groups -OCH3 is 1. The van der Waals surface area contributed by atoms with Crippen LogP contribution in [-0.2, 0) is 13.0 Å². The van der Waals surface area contributed by atoms with Gasteiger partial charge in [-0.2, -0.15) is 0 Å². The van der Waals surface area contributed by atoms with Gasteiger partial charge in [-0.25, -0.2) is 4.98 Å². The van der Waals surface area contributed by atoms with Crippen LogP contribution in [0.15, 0.2) is 40.6 Å². The third-order valence-corrected chi connectivity index (χ3v) is 4.34. The summed E-state index contributed by atoms with van der Waals surface area (Å²) >= 11 is 1.80. The fourth-order valence-electron chi connectivity index (χ4n) is 2.23. The van der Waals surface area contributed by atoms with Crippen molar-refractivity contribution in [3.8, 4) is 5.75 Å². The summed E-state index contributed by atoms with van der Waals surface area (Å²) in [6.45, 7) is 1.67. The summed E-state index contributed by atoms with van der Waals surface area (Å²) in [6.07, 6.45) is 2.91. The van der Waals surface area contributed by atoms with Crippen LogP contribution in [0.1, 0.15) is 5.69 Å². The van der Waals surface area contributed by atoms with Crippen LogP contribution in [0.25, 0.3) is 0 Å². The summed E-state index contributed by atoms with van der Waals surface area (Å²) < 4.78 is 7.31. The Balaban J connectivity index is 0.00000192. The van der Waals surface area contributed by atoms with E-state index in [0.29, 0.717) is 12.5 Å². The van der Waals surface area contributed by atoms with Crippen LogP contribution in [0, 0.1) is 0 Å². The number of thioether (sulfide) groups is 1. The monoisotopic (exact) mass is 445 g/mol. The summed E-state index contributed by atoms with van der Waals surface area (Å²) in [6, 6.07) is 7.55. The van der Waals surface area contributed by atoms with Crippen molar-refractivity contribution in [1.82, 2.24) is 9.55 Å². The van der Waals surface area contributed by atoms with Crippen LogP contribution in [-0.4, -0.2) is 34.9 Å². The lowest BCUT2D eigenvalue weighted by Gasteiger charge is -2.06. The second-order valence-corrected chi connectivity index (χ2v) is 5.99. The minimum Gasteiger partial charge on any atom is -0.497 e. The molecule has 23 heavy (non-hydrogen) atoms. The zero-order chi connectivity index (χ0) is 15.4. The van der Waals surface area contributed by atoms with Crippen molar-refractivity contribution in [2.24, 2.45) is 10.7 Å². The largest absolute Gasteiger partial charge is 0.497 e. The first-order valence-corrected chi connectivity index (χ1v) is 8.13. The number of aryl methyl sites for hydroxylation is 1. The number of hydrogen-bond acceptors (Lipinski definition) is 4. The topological polar surface area (TPSA) is 77.5 Å². The van der Waals surface area contributed by atoms with Gasteiger partial charge in [0.05, 0.1) is 12.8 Å². The molecule has 0 spiro atoms. The molecule has 1 aromatic carbocycles. The molecule has 0 saturated carbocycles. The smallest absolute Gasteiger partial charge is 0.193 e. The Morgan fingerprint density at radius 3 is 2.91 bits per heavy atom. The van der Waals surface area contributed by atoms with Crippen molar-refractivity contribution < 1.29 is 4.74 Å². The van der Waals surface area contributed by atoms with Gasteiger partial charge in [0.2, 0.25) is 0 Å². The van der Waals surface area contributed by atoms with Gasteiger partial charge < -0.3 is 20.4 Å². The molecule has 2 heterocycles. The van der Waals surface area contributed by atoms with Gasteiger partial charge in [0.1, 0.15) is 5.75 Å². The quantitative estimate of drug-likeness (QED) is 0.421. The number of nitrogens with one attached hydrogen (secondary N) is 1. The van der Waals surface area contributed by atoms with E-state index >= 15 is 0 Å². The van der Waals surface area contributed by atoms with Crippen LogP contribution < -0.4 is 15.8 Å². The van der Waals surface area contributed by atoms with Crippen molar-refractivity contribution in [3.63, 3.8) is 0 Å². The number of rotatable bonds is 5. The van der Waals surface area contributed by atoms with Crippen LogP contribution in [0.4, 0.5) is 5.69 Å². The van der Waals surface area contributed by atoms with E-state index in [0.717, 1.165) is 41.0 Å². The predicted molar refractivity (Wildman–Crippen MR) is 105 cm³/mol.